The summed E-state index contributed by atoms with van der Waals surface area (Å²) in [5.41, 5.74) is 0.541. The number of nitrogens with one attached hydrogen (secondary N) is 2. The number of amides is 3. The Bertz CT molecular complexity index is 658. The summed E-state index contributed by atoms with van der Waals surface area (Å²) in [7, 11) is 1.39. The van der Waals surface area contributed by atoms with Crippen molar-refractivity contribution >= 4 is 17.6 Å². The molecule has 0 spiro atoms. The van der Waals surface area contributed by atoms with Gasteiger partial charge in [0.25, 0.3) is 5.91 Å². The second-order valence-electron chi connectivity index (χ2n) is 4.85. The molecule has 1 unspecified atom stereocenters. The van der Waals surface area contributed by atoms with Gasteiger partial charge >= 0.3 is 6.03 Å². The van der Waals surface area contributed by atoms with E-state index in [0.29, 0.717) is 30.4 Å². The number of aliphatic hydroxyl groups excluding tert-OH is 1. The van der Waals surface area contributed by atoms with Crippen molar-refractivity contribution in [2.75, 3.05) is 25.6 Å². The summed E-state index contributed by atoms with van der Waals surface area (Å²) < 4.78 is 10.8. The number of carbonyl (C=O) groups excluding carboxylic acids is 2. The first-order valence-electron chi connectivity index (χ1n) is 6.69. The molecule has 3 rings (SSSR count). The highest BCUT2D eigenvalue weighted by atomic mass is 16.6. The Morgan fingerprint density at radius 2 is 2.09 bits per heavy atom. The summed E-state index contributed by atoms with van der Waals surface area (Å²) in [4.78, 5) is 24.6. The number of benzene rings is 1. The van der Waals surface area contributed by atoms with Gasteiger partial charge in [-0.3, -0.25) is 9.69 Å². The Morgan fingerprint density at radius 1 is 1.36 bits per heavy atom. The SMILES string of the molecule is CN1C(=O)NC=C(C(=O)Nc2ccc3c(c2)OCCO3)C1O. The van der Waals surface area contributed by atoms with E-state index in [1.165, 1.54) is 13.2 Å². The average molecular weight is 305 g/mol. The lowest BCUT2D eigenvalue weighted by molar-refractivity contribution is -0.114. The van der Waals surface area contributed by atoms with Crippen LogP contribution in [0.1, 0.15) is 0 Å². The fraction of sp³-hybridized carbons (Fsp3) is 0.286. The van der Waals surface area contributed by atoms with E-state index in [1.54, 1.807) is 18.2 Å². The van der Waals surface area contributed by atoms with Crippen molar-refractivity contribution in [2.45, 2.75) is 6.23 Å². The van der Waals surface area contributed by atoms with E-state index in [2.05, 4.69) is 10.6 Å². The van der Waals surface area contributed by atoms with E-state index in [1.807, 2.05) is 0 Å². The van der Waals surface area contributed by atoms with Gasteiger partial charge in [0.15, 0.2) is 17.7 Å². The lowest BCUT2D eigenvalue weighted by Crippen LogP contribution is -2.49. The largest absolute Gasteiger partial charge is 0.486 e. The number of urea groups is 1. The third-order valence-corrected chi connectivity index (χ3v) is 3.38. The molecule has 0 saturated carbocycles. The average Bonchev–Trinajstić information content (AvgIpc) is 2.52. The van der Waals surface area contributed by atoms with Gasteiger partial charge < -0.3 is 25.2 Å². The number of hydrogen-bond donors (Lipinski definition) is 3. The lowest BCUT2D eigenvalue weighted by Gasteiger charge is -2.29. The second kappa shape index (κ2) is 5.57. The van der Waals surface area contributed by atoms with Crippen molar-refractivity contribution < 1.29 is 24.2 Å². The summed E-state index contributed by atoms with van der Waals surface area (Å²) in [5, 5.41) is 15.0. The maximum Gasteiger partial charge on any atom is 0.323 e. The predicted octanol–water partition coefficient (Wildman–Crippen LogP) is 0.254. The van der Waals surface area contributed by atoms with E-state index >= 15 is 0 Å². The third-order valence-electron chi connectivity index (χ3n) is 3.38. The number of aliphatic hydroxyl groups is 1. The standard InChI is InChI=1S/C14H15N3O5/c1-17-13(19)9(7-15-14(17)20)12(18)16-8-2-3-10-11(6-8)22-5-4-21-10/h2-3,6-7,13,19H,4-5H2,1H3,(H,15,20)(H,16,18). The van der Waals surface area contributed by atoms with E-state index in [-0.39, 0.29) is 5.57 Å². The van der Waals surface area contributed by atoms with Crippen LogP contribution in [0.4, 0.5) is 10.5 Å². The van der Waals surface area contributed by atoms with Crippen LogP contribution in [0.15, 0.2) is 30.0 Å². The van der Waals surface area contributed by atoms with Gasteiger partial charge in [0.2, 0.25) is 0 Å². The smallest absolute Gasteiger partial charge is 0.323 e. The van der Waals surface area contributed by atoms with Crippen LogP contribution in [0.25, 0.3) is 0 Å². The van der Waals surface area contributed by atoms with Crippen LogP contribution in [-0.4, -0.2) is 48.4 Å². The minimum absolute atomic E-state index is 0.0389. The fourth-order valence-electron chi connectivity index (χ4n) is 2.14. The van der Waals surface area contributed by atoms with Crippen molar-refractivity contribution in [2.24, 2.45) is 0 Å². The Hall–Kier alpha value is -2.74. The van der Waals surface area contributed by atoms with Crippen molar-refractivity contribution in [3.8, 4) is 11.5 Å². The van der Waals surface area contributed by atoms with Gasteiger partial charge in [0.05, 0.1) is 5.57 Å². The Labute approximate surface area is 126 Å². The lowest BCUT2D eigenvalue weighted by atomic mass is 10.2. The zero-order valence-corrected chi connectivity index (χ0v) is 11.8. The molecule has 3 N–H and O–H groups in total. The summed E-state index contributed by atoms with van der Waals surface area (Å²) in [6.07, 6.45) is -0.105. The molecular formula is C14H15N3O5. The number of hydrogen-bond acceptors (Lipinski definition) is 5. The third kappa shape index (κ3) is 2.56. The van der Waals surface area contributed by atoms with Gasteiger partial charge in [0, 0.05) is 25.0 Å². The highest BCUT2D eigenvalue weighted by molar-refractivity contribution is 6.05. The Kier molecular flexibility index (Phi) is 3.60. The van der Waals surface area contributed by atoms with Crippen LogP contribution in [0.2, 0.25) is 0 Å². The van der Waals surface area contributed by atoms with Gasteiger partial charge in [0.1, 0.15) is 13.2 Å². The quantitative estimate of drug-likeness (QED) is 0.727. The first-order valence-corrected chi connectivity index (χ1v) is 6.69. The van der Waals surface area contributed by atoms with Crippen LogP contribution in [-0.2, 0) is 4.79 Å². The molecule has 0 aromatic heterocycles. The molecule has 8 nitrogen and oxygen atoms in total. The summed E-state index contributed by atoms with van der Waals surface area (Å²) in [5.74, 6) is 0.650. The highest BCUT2D eigenvalue weighted by Gasteiger charge is 2.29. The summed E-state index contributed by atoms with van der Waals surface area (Å²) in [6, 6.07) is 4.53. The molecule has 1 aromatic carbocycles. The van der Waals surface area contributed by atoms with Crippen LogP contribution in [0.3, 0.4) is 0 Å². The van der Waals surface area contributed by atoms with Crippen molar-refractivity contribution in [3.05, 3.63) is 30.0 Å². The first kappa shape index (κ1) is 14.2. The molecule has 2 aliphatic heterocycles. The van der Waals surface area contributed by atoms with Gasteiger partial charge in [-0.1, -0.05) is 0 Å². The minimum Gasteiger partial charge on any atom is -0.486 e. The van der Waals surface area contributed by atoms with Gasteiger partial charge in [-0.25, -0.2) is 4.79 Å². The summed E-state index contributed by atoms with van der Waals surface area (Å²) >= 11 is 0. The zero-order chi connectivity index (χ0) is 15.7. The highest BCUT2D eigenvalue weighted by Crippen LogP contribution is 2.32. The van der Waals surface area contributed by atoms with Gasteiger partial charge in [-0.05, 0) is 12.1 Å². The normalized spacial score (nSPS) is 20.1. The van der Waals surface area contributed by atoms with Gasteiger partial charge in [-0.2, -0.15) is 0 Å². The molecule has 0 fully saturated rings. The maximum absolute atomic E-state index is 12.2. The monoisotopic (exact) mass is 305 g/mol. The Balaban J connectivity index is 1.76. The number of anilines is 1. The predicted molar refractivity (Wildman–Crippen MR) is 76.4 cm³/mol. The zero-order valence-electron chi connectivity index (χ0n) is 11.8. The van der Waals surface area contributed by atoms with E-state index in [4.69, 9.17) is 9.47 Å². The van der Waals surface area contributed by atoms with Crippen LogP contribution in [0, 0.1) is 0 Å². The molecule has 0 saturated heterocycles. The van der Waals surface area contributed by atoms with Crippen LogP contribution >= 0.6 is 0 Å². The molecule has 116 valence electrons. The molecule has 2 heterocycles. The molecule has 0 bridgehead atoms. The molecule has 0 aliphatic carbocycles. The number of fused-ring (bicyclic) bond motifs is 1. The Morgan fingerprint density at radius 3 is 2.86 bits per heavy atom. The molecule has 22 heavy (non-hydrogen) atoms. The molecule has 0 radical (unpaired) electrons. The van der Waals surface area contributed by atoms with E-state index in [9.17, 15) is 14.7 Å². The van der Waals surface area contributed by atoms with E-state index in [0.717, 1.165) is 4.90 Å². The number of nitrogens with zero attached hydrogens (tertiary/aromatic N) is 1. The second-order valence-corrected chi connectivity index (χ2v) is 4.85. The topological polar surface area (TPSA) is 100 Å². The van der Waals surface area contributed by atoms with Gasteiger partial charge in [-0.15, -0.1) is 0 Å². The molecule has 8 heteroatoms. The number of rotatable bonds is 2. The first-order chi connectivity index (χ1) is 10.6. The number of ether oxygens (including phenoxy) is 2. The number of likely N-dealkylation sites (N-methyl/N-ethyl adjacent to an activating group) is 1. The van der Waals surface area contributed by atoms with Crippen LogP contribution in [0.5, 0.6) is 11.5 Å². The minimum atomic E-state index is -1.30. The molecule has 1 atom stereocenters. The summed E-state index contributed by atoms with van der Waals surface area (Å²) in [6.45, 7) is 0.939. The fourth-order valence-corrected chi connectivity index (χ4v) is 2.14. The van der Waals surface area contributed by atoms with E-state index < -0.39 is 18.2 Å². The number of carbonyl (C=O) groups is 2. The van der Waals surface area contributed by atoms with Crippen molar-refractivity contribution in [3.63, 3.8) is 0 Å². The van der Waals surface area contributed by atoms with Crippen molar-refractivity contribution in [1.82, 2.24) is 10.2 Å². The molecule has 2 aliphatic rings. The van der Waals surface area contributed by atoms with Crippen LogP contribution < -0.4 is 20.1 Å². The van der Waals surface area contributed by atoms with Crippen molar-refractivity contribution in [1.29, 1.82) is 0 Å². The molecular weight excluding hydrogens is 290 g/mol. The molecule has 1 aromatic rings. The maximum atomic E-state index is 12.2. The molecule has 3 amide bonds.